The van der Waals surface area contributed by atoms with Crippen molar-refractivity contribution < 1.29 is 19.1 Å². The number of methoxy groups -OCH3 is 1. The smallest absolute Gasteiger partial charge is 0.343 e. The summed E-state index contributed by atoms with van der Waals surface area (Å²) in [7, 11) is 5.48. The monoisotopic (exact) mass is 532 g/mol. The third-order valence-electron chi connectivity index (χ3n) is 6.38. The van der Waals surface area contributed by atoms with Gasteiger partial charge in [0.25, 0.3) is 5.91 Å². The van der Waals surface area contributed by atoms with Crippen molar-refractivity contribution in [3.05, 3.63) is 114 Å². The standard InChI is InChI=1S/C32H28N4O4/c1-36(2)24-16-17-27-26(19-24)29(21-10-5-4-6-11-21)30(34-27)31(37)35-33-20-23-12-7-8-15-28(23)40-32(38)22-13-9-14-25(18-22)39-3/h4-20,34H,1-3H3,(H,35,37). The number of esters is 1. The van der Waals surface area contributed by atoms with Crippen LogP contribution in [-0.4, -0.2) is 44.3 Å². The van der Waals surface area contributed by atoms with Crippen LogP contribution in [0.5, 0.6) is 11.5 Å². The molecule has 0 spiro atoms. The highest BCUT2D eigenvalue weighted by Crippen LogP contribution is 2.34. The van der Waals surface area contributed by atoms with Crippen LogP contribution in [0.3, 0.4) is 0 Å². The van der Waals surface area contributed by atoms with Crippen molar-refractivity contribution in [1.82, 2.24) is 10.4 Å². The summed E-state index contributed by atoms with van der Waals surface area (Å²) in [6.07, 6.45) is 1.45. The molecule has 2 N–H and O–H groups in total. The van der Waals surface area contributed by atoms with Gasteiger partial charge in [-0.25, -0.2) is 10.2 Å². The molecule has 4 aromatic carbocycles. The number of ether oxygens (including phenoxy) is 2. The molecule has 0 radical (unpaired) electrons. The predicted molar refractivity (Wildman–Crippen MR) is 158 cm³/mol. The fraction of sp³-hybridized carbons (Fsp3) is 0.0938. The van der Waals surface area contributed by atoms with Crippen molar-refractivity contribution in [2.45, 2.75) is 0 Å². The molecule has 0 saturated heterocycles. The molecule has 1 amide bonds. The number of fused-ring (bicyclic) bond motifs is 1. The average molecular weight is 533 g/mol. The van der Waals surface area contributed by atoms with E-state index in [1.54, 1.807) is 48.5 Å². The molecule has 0 aliphatic heterocycles. The van der Waals surface area contributed by atoms with Crippen molar-refractivity contribution in [1.29, 1.82) is 0 Å². The zero-order valence-electron chi connectivity index (χ0n) is 22.3. The normalized spacial score (nSPS) is 11.0. The fourth-order valence-electron chi connectivity index (χ4n) is 4.34. The molecule has 8 nitrogen and oxygen atoms in total. The van der Waals surface area contributed by atoms with Gasteiger partial charge in [-0.05, 0) is 54.1 Å². The Morgan fingerprint density at radius 2 is 1.68 bits per heavy atom. The molecule has 0 bridgehead atoms. The van der Waals surface area contributed by atoms with Crippen molar-refractivity contribution in [3.8, 4) is 22.6 Å². The number of rotatable bonds is 8. The Bertz CT molecular complexity index is 1710. The molecule has 0 aliphatic carbocycles. The van der Waals surface area contributed by atoms with E-state index in [-0.39, 0.29) is 0 Å². The molecule has 0 unspecified atom stereocenters. The number of benzene rings is 4. The fourth-order valence-corrected chi connectivity index (χ4v) is 4.34. The molecule has 200 valence electrons. The van der Waals surface area contributed by atoms with E-state index in [2.05, 4.69) is 21.6 Å². The molecule has 5 aromatic rings. The number of anilines is 1. The van der Waals surface area contributed by atoms with Crippen LogP contribution >= 0.6 is 0 Å². The van der Waals surface area contributed by atoms with Crippen LogP contribution in [0.1, 0.15) is 26.4 Å². The van der Waals surface area contributed by atoms with Gasteiger partial charge in [-0.2, -0.15) is 5.10 Å². The number of hydrogen-bond acceptors (Lipinski definition) is 6. The van der Waals surface area contributed by atoms with Crippen LogP contribution in [0.2, 0.25) is 0 Å². The predicted octanol–water partition coefficient (Wildman–Crippen LogP) is 5.89. The minimum atomic E-state index is -0.536. The lowest BCUT2D eigenvalue weighted by Crippen LogP contribution is -2.19. The van der Waals surface area contributed by atoms with Gasteiger partial charge in [0.2, 0.25) is 0 Å². The van der Waals surface area contributed by atoms with E-state index < -0.39 is 11.9 Å². The molecule has 1 aromatic heterocycles. The number of carbonyl (C=O) groups is 2. The molecule has 0 fully saturated rings. The summed E-state index contributed by atoms with van der Waals surface area (Å²) in [5.41, 5.74) is 7.45. The van der Waals surface area contributed by atoms with E-state index in [9.17, 15) is 9.59 Å². The average Bonchev–Trinajstić information content (AvgIpc) is 3.37. The van der Waals surface area contributed by atoms with Crippen LogP contribution in [0.4, 0.5) is 5.69 Å². The van der Waals surface area contributed by atoms with Gasteiger partial charge in [0, 0.05) is 41.8 Å². The zero-order chi connectivity index (χ0) is 28.1. The Kier molecular flexibility index (Phi) is 7.59. The van der Waals surface area contributed by atoms with E-state index in [1.807, 2.05) is 61.5 Å². The summed E-state index contributed by atoms with van der Waals surface area (Å²) in [6, 6.07) is 29.4. The van der Waals surface area contributed by atoms with Gasteiger partial charge in [0.05, 0.1) is 18.9 Å². The molecule has 1 heterocycles. The van der Waals surface area contributed by atoms with Gasteiger partial charge in [-0.15, -0.1) is 0 Å². The summed E-state index contributed by atoms with van der Waals surface area (Å²) >= 11 is 0. The second-order valence-electron chi connectivity index (χ2n) is 9.22. The minimum Gasteiger partial charge on any atom is -0.497 e. The second kappa shape index (κ2) is 11.6. The summed E-state index contributed by atoms with van der Waals surface area (Å²) < 4.78 is 10.8. The number of hydrazone groups is 1. The van der Waals surface area contributed by atoms with Crippen LogP contribution in [0.15, 0.2) is 102 Å². The first-order valence-electron chi connectivity index (χ1n) is 12.6. The Balaban J connectivity index is 1.40. The highest BCUT2D eigenvalue weighted by Gasteiger charge is 2.20. The number of nitrogens with one attached hydrogen (secondary N) is 2. The third kappa shape index (κ3) is 5.56. The number of hydrogen-bond donors (Lipinski definition) is 2. The van der Waals surface area contributed by atoms with Crippen LogP contribution in [0, 0.1) is 0 Å². The SMILES string of the molecule is COc1cccc(C(=O)Oc2ccccc2C=NNC(=O)c2[nH]c3ccc(N(C)C)cc3c2-c2ccccc2)c1. The Hall–Kier alpha value is -5.37. The molecular weight excluding hydrogens is 504 g/mol. The maximum atomic E-state index is 13.4. The van der Waals surface area contributed by atoms with E-state index in [1.165, 1.54) is 13.3 Å². The van der Waals surface area contributed by atoms with E-state index in [0.717, 1.165) is 27.7 Å². The Labute approximate surface area is 231 Å². The number of aromatic amines is 1. The largest absolute Gasteiger partial charge is 0.497 e. The maximum Gasteiger partial charge on any atom is 0.343 e. The van der Waals surface area contributed by atoms with Crippen LogP contribution < -0.4 is 19.8 Å². The molecule has 0 atom stereocenters. The molecule has 0 aliphatic rings. The summed E-state index contributed by atoms with van der Waals surface area (Å²) in [6.45, 7) is 0. The van der Waals surface area contributed by atoms with Crippen LogP contribution in [0.25, 0.3) is 22.0 Å². The van der Waals surface area contributed by atoms with Gasteiger partial charge in [0.15, 0.2) is 0 Å². The molecule has 5 rings (SSSR count). The number of aromatic nitrogens is 1. The molecular formula is C32H28N4O4. The third-order valence-corrected chi connectivity index (χ3v) is 6.38. The lowest BCUT2D eigenvalue weighted by molar-refractivity contribution is 0.0733. The highest BCUT2D eigenvalue weighted by molar-refractivity contribution is 6.10. The second-order valence-corrected chi connectivity index (χ2v) is 9.22. The zero-order valence-corrected chi connectivity index (χ0v) is 22.3. The van der Waals surface area contributed by atoms with Gasteiger partial charge in [-0.3, -0.25) is 4.79 Å². The first-order valence-corrected chi connectivity index (χ1v) is 12.6. The molecule has 8 heteroatoms. The number of para-hydroxylation sites is 1. The van der Waals surface area contributed by atoms with Gasteiger partial charge in [0.1, 0.15) is 17.2 Å². The number of carbonyl (C=O) groups excluding carboxylic acids is 2. The van der Waals surface area contributed by atoms with E-state index in [4.69, 9.17) is 9.47 Å². The van der Waals surface area contributed by atoms with Crippen molar-refractivity contribution in [2.75, 3.05) is 26.1 Å². The lowest BCUT2D eigenvalue weighted by Gasteiger charge is -2.12. The highest BCUT2D eigenvalue weighted by atomic mass is 16.5. The quantitative estimate of drug-likeness (QED) is 0.112. The first-order chi connectivity index (χ1) is 19.4. The van der Waals surface area contributed by atoms with E-state index in [0.29, 0.717) is 28.3 Å². The Morgan fingerprint density at radius 3 is 2.45 bits per heavy atom. The lowest BCUT2D eigenvalue weighted by atomic mass is 10.0. The number of nitrogens with zero attached hydrogens (tertiary/aromatic N) is 2. The first kappa shape index (κ1) is 26.2. The van der Waals surface area contributed by atoms with Gasteiger partial charge in [-0.1, -0.05) is 48.5 Å². The summed E-state index contributed by atoms with van der Waals surface area (Å²) in [5, 5.41) is 5.10. The summed E-state index contributed by atoms with van der Waals surface area (Å²) in [4.78, 5) is 31.4. The topological polar surface area (TPSA) is 96.0 Å². The van der Waals surface area contributed by atoms with Crippen molar-refractivity contribution >= 4 is 34.7 Å². The van der Waals surface area contributed by atoms with Crippen molar-refractivity contribution in [3.63, 3.8) is 0 Å². The van der Waals surface area contributed by atoms with Crippen molar-refractivity contribution in [2.24, 2.45) is 5.10 Å². The Morgan fingerprint density at radius 1 is 0.900 bits per heavy atom. The molecule has 0 saturated carbocycles. The van der Waals surface area contributed by atoms with E-state index >= 15 is 0 Å². The van der Waals surface area contributed by atoms with Gasteiger partial charge < -0.3 is 19.4 Å². The number of H-pyrrole nitrogens is 1. The maximum absolute atomic E-state index is 13.4. The van der Waals surface area contributed by atoms with Crippen LogP contribution in [-0.2, 0) is 0 Å². The van der Waals surface area contributed by atoms with Gasteiger partial charge >= 0.3 is 5.97 Å². The minimum absolute atomic E-state index is 0.306. The molecule has 40 heavy (non-hydrogen) atoms. The summed E-state index contributed by atoms with van der Waals surface area (Å²) in [5.74, 6) is -0.0769. The number of amides is 1.